The summed E-state index contributed by atoms with van der Waals surface area (Å²) in [5, 5.41) is 3.97. The van der Waals surface area contributed by atoms with Crippen LogP contribution >= 0.6 is 11.6 Å². The summed E-state index contributed by atoms with van der Waals surface area (Å²) in [6.45, 7) is 8.00. The van der Waals surface area contributed by atoms with Crippen LogP contribution < -0.4 is 10.1 Å². The first kappa shape index (κ1) is 18.2. The lowest BCUT2D eigenvalue weighted by atomic mass is 10.2. The number of ether oxygens (including phenoxy) is 3. The lowest BCUT2D eigenvalue weighted by molar-refractivity contribution is 0.0536. The van der Waals surface area contributed by atoms with Gasteiger partial charge in [0.2, 0.25) is 5.88 Å². The standard InChI is InChI=1S/C15H25ClN2O3/c1-12(2)10-17-11-14-13(16)4-5-15(18-14)21-9-8-20-7-6-19-3/h4-5,12,17H,6-11H2,1-3H3. The minimum Gasteiger partial charge on any atom is -0.475 e. The van der Waals surface area contributed by atoms with Gasteiger partial charge in [-0.25, -0.2) is 4.98 Å². The molecule has 5 nitrogen and oxygen atoms in total. The third-order valence-electron chi connectivity index (χ3n) is 2.65. The van der Waals surface area contributed by atoms with E-state index in [2.05, 4.69) is 24.1 Å². The Morgan fingerprint density at radius 1 is 1.19 bits per heavy atom. The summed E-state index contributed by atoms with van der Waals surface area (Å²) < 4.78 is 15.8. The Balaban J connectivity index is 2.34. The highest BCUT2D eigenvalue weighted by atomic mass is 35.5. The third kappa shape index (κ3) is 8.21. The van der Waals surface area contributed by atoms with Crippen molar-refractivity contribution in [1.82, 2.24) is 10.3 Å². The molecular weight excluding hydrogens is 292 g/mol. The van der Waals surface area contributed by atoms with E-state index >= 15 is 0 Å². The number of halogens is 1. The fourth-order valence-corrected chi connectivity index (χ4v) is 1.77. The van der Waals surface area contributed by atoms with Gasteiger partial charge >= 0.3 is 0 Å². The molecule has 1 aromatic rings. The summed E-state index contributed by atoms with van der Waals surface area (Å²) in [6.07, 6.45) is 0. The van der Waals surface area contributed by atoms with Crippen molar-refractivity contribution in [3.05, 3.63) is 22.8 Å². The Hall–Kier alpha value is -0.880. The molecule has 0 unspecified atom stereocenters. The van der Waals surface area contributed by atoms with Crippen LogP contribution in [0.2, 0.25) is 5.02 Å². The Morgan fingerprint density at radius 3 is 2.67 bits per heavy atom. The van der Waals surface area contributed by atoms with Crippen LogP contribution in [-0.4, -0.2) is 45.1 Å². The second kappa shape index (κ2) is 10.8. The van der Waals surface area contributed by atoms with Gasteiger partial charge in [-0.15, -0.1) is 0 Å². The Labute approximate surface area is 131 Å². The quantitative estimate of drug-likeness (QED) is 0.636. The molecule has 0 bridgehead atoms. The molecule has 0 aliphatic rings. The zero-order valence-electron chi connectivity index (χ0n) is 13.0. The number of hydrogen-bond donors (Lipinski definition) is 1. The van der Waals surface area contributed by atoms with E-state index in [0.29, 0.717) is 49.8 Å². The van der Waals surface area contributed by atoms with Gasteiger partial charge in [0.05, 0.1) is 30.5 Å². The van der Waals surface area contributed by atoms with Crippen molar-refractivity contribution >= 4 is 11.6 Å². The van der Waals surface area contributed by atoms with E-state index < -0.39 is 0 Å². The van der Waals surface area contributed by atoms with Gasteiger partial charge in [0.25, 0.3) is 0 Å². The van der Waals surface area contributed by atoms with E-state index in [1.54, 1.807) is 13.2 Å². The molecule has 0 saturated carbocycles. The number of methoxy groups -OCH3 is 1. The normalized spacial score (nSPS) is 11.1. The predicted octanol–water partition coefficient (Wildman–Crippen LogP) is 2.52. The Bertz CT molecular complexity index is 403. The maximum absolute atomic E-state index is 6.13. The summed E-state index contributed by atoms with van der Waals surface area (Å²) in [6, 6.07) is 3.57. The minimum absolute atomic E-state index is 0.456. The fraction of sp³-hybridized carbons (Fsp3) is 0.667. The predicted molar refractivity (Wildman–Crippen MR) is 84.0 cm³/mol. The van der Waals surface area contributed by atoms with E-state index in [-0.39, 0.29) is 0 Å². The first-order valence-electron chi connectivity index (χ1n) is 7.19. The smallest absolute Gasteiger partial charge is 0.213 e. The van der Waals surface area contributed by atoms with Crippen LogP contribution in [0.15, 0.2) is 12.1 Å². The van der Waals surface area contributed by atoms with Gasteiger partial charge in [-0.1, -0.05) is 25.4 Å². The van der Waals surface area contributed by atoms with Gasteiger partial charge in [-0.05, 0) is 18.5 Å². The lowest BCUT2D eigenvalue weighted by Crippen LogP contribution is -2.20. The number of hydrogen-bond acceptors (Lipinski definition) is 5. The van der Waals surface area contributed by atoms with Gasteiger partial charge in [0.15, 0.2) is 0 Å². The topological polar surface area (TPSA) is 52.6 Å². The number of nitrogens with zero attached hydrogens (tertiary/aromatic N) is 1. The van der Waals surface area contributed by atoms with Crippen molar-refractivity contribution in [2.24, 2.45) is 5.92 Å². The van der Waals surface area contributed by atoms with Gasteiger partial charge in [0, 0.05) is 19.7 Å². The molecule has 0 aliphatic carbocycles. The number of rotatable bonds is 11. The highest BCUT2D eigenvalue weighted by Crippen LogP contribution is 2.18. The zero-order valence-corrected chi connectivity index (χ0v) is 13.8. The molecule has 1 rings (SSSR count). The molecule has 0 amide bonds. The van der Waals surface area contributed by atoms with Crippen LogP contribution in [-0.2, 0) is 16.0 Å². The molecule has 1 aromatic heterocycles. The zero-order chi connectivity index (χ0) is 15.5. The van der Waals surface area contributed by atoms with E-state index in [4.69, 9.17) is 25.8 Å². The molecular formula is C15H25ClN2O3. The van der Waals surface area contributed by atoms with Crippen molar-refractivity contribution in [1.29, 1.82) is 0 Å². The van der Waals surface area contributed by atoms with E-state index in [1.165, 1.54) is 0 Å². The molecule has 6 heteroatoms. The van der Waals surface area contributed by atoms with Gasteiger partial charge < -0.3 is 19.5 Å². The molecule has 0 aliphatic heterocycles. The van der Waals surface area contributed by atoms with Crippen LogP contribution in [0.25, 0.3) is 0 Å². The molecule has 1 heterocycles. The Kier molecular flexibility index (Phi) is 9.34. The van der Waals surface area contributed by atoms with Crippen molar-refractivity contribution in [2.75, 3.05) is 40.1 Å². The average Bonchev–Trinajstić information content (AvgIpc) is 2.45. The molecule has 0 fully saturated rings. The minimum atomic E-state index is 0.456. The van der Waals surface area contributed by atoms with Crippen molar-refractivity contribution in [3.8, 4) is 5.88 Å². The summed E-state index contributed by atoms with van der Waals surface area (Å²) in [5.74, 6) is 1.16. The van der Waals surface area contributed by atoms with E-state index in [9.17, 15) is 0 Å². The van der Waals surface area contributed by atoms with Crippen LogP contribution in [0.4, 0.5) is 0 Å². The third-order valence-corrected chi connectivity index (χ3v) is 2.99. The second-order valence-corrected chi connectivity index (χ2v) is 5.46. The summed E-state index contributed by atoms with van der Waals surface area (Å²) in [4.78, 5) is 4.41. The Morgan fingerprint density at radius 2 is 1.95 bits per heavy atom. The largest absolute Gasteiger partial charge is 0.475 e. The molecule has 0 radical (unpaired) electrons. The number of pyridine rings is 1. The number of nitrogens with one attached hydrogen (secondary N) is 1. The molecule has 1 N–H and O–H groups in total. The lowest BCUT2D eigenvalue weighted by Gasteiger charge is -2.11. The highest BCUT2D eigenvalue weighted by molar-refractivity contribution is 6.31. The maximum Gasteiger partial charge on any atom is 0.213 e. The molecule has 0 saturated heterocycles. The fourth-order valence-electron chi connectivity index (χ4n) is 1.60. The van der Waals surface area contributed by atoms with Gasteiger partial charge in [-0.3, -0.25) is 0 Å². The van der Waals surface area contributed by atoms with Crippen molar-refractivity contribution < 1.29 is 14.2 Å². The van der Waals surface area contributed by atoms with Gasteiger partial charge in [-0.2, -0.15) is 0 Å². The summed E-state index contributed by atoms with van der Waals surface area (Å²) >= 11 is 6.13. The maximum atomic E-state index is 6.13. The average molecular weight is 317 g/mol. The second-order valence-electron chi connectivity index (χ2n) is 5.06. The van der Waals surface area contributed by atoms with Gasteiger partial charge in [0.1, 0.15) is 6.61 Å². The SMILES string of the molecule is COCCOCCOc1ccc(Cl)c(CNCC(C)C)n1. The van der Waals surface area contributed by atoms with Crippen LogP contribution in [0, 0.1) is 5.92 Å². The molecule has 120 valence electrons. The van der Waals surface area contributed by atoms with Crippen molar-refractivity contribution in [3.63, 3.8) is 0 Å². The van der Waals surface area contributed by atoms with E-state index in [0.717, 1.165) is 12.2 Å². The van der Waals surface area contributed by atoms with Crippen LogP contribution in [0.3, 0.4) is 0 Å². The molecule has 21 heavy (non-hydrogen) atoms. The molecule has 0 atom stereocenters. The summed E-state index contributed by atoms with van der Waals surface area (Å²) in [7, 11) is 1.65. The van der Waals surface area contributed by atoms with Crippen LogP contribution in [0.5, 0.6) is 5.88 Å². The molecule has 0 spiro atoms. The first-order chi connectivity index (χ1) is 10.1. The van der Waals surface area contributed by atoms with Crippen LogP contribution in [0.1, 0.15) is 19.5 Å². The first-order valence-corrected chi connectivity index (χ1v) is 7.57. The number of aromatic nitrogens is 1. The molecule has 0 aromatic carbocycles. The summed E-state index contributed by atoms with van der Waals surface area (Å²) in [5.41, 5.74) is 0.801. The van der Waals surface area contributed by atoms with E-state index in [1.807, 2.05) is 6.07 Å². The highest BCUT2D eigenvalue weighted by Gasteiger charge is 2.05. The monoisotopic (exact) mass is 316 g/mol. The van der Waals surface area contributed by atoms with Crippen molar-refractivity contribution in [2.45, 2.75) is 20.4 Å².